The topological polar surface area (TPSA) is 187 Å². The van der Waals surface area contributed by atoms with Gasteiger partial charge in [0.25, 0.3) is 0 Å². The molecule has 0 saturated heterocycles. The molecule has 1 aromatic heterocycles. The van der Waals surface area contributed by atoms with Crippen LogP contribution in [-0.4, -0.2) is 69.2 Å². The summed E-state index contributed by atoms with van der Waals surface area (Å²) in [5, 5.41) is 28.4. The molecule has 11 nitrogen and oxygen atoms in total. The van der Waals surface area contributed by atoms with Crippen LogP contribution in [0.5, 0.6) is 0 Å². The predicted octanol–water partition coefficient (Wildman–Crippen LogP) is 0.856. The van der Waals surface area contributed by atoms with Crippen LogP contribution in [0, 0.1) is 5.92 Å². The number of hydrogen-bond donors (Lipinski definition) is 7. The lowest BCUT2D eigenvalue weighted by molar-refractivity contribution is -0.142. The van der Waals surface area contributed by atoms with Gasteiger partial charge in [-0.15, -0.1) is 0 Å². The summed E-state index contributed by atoms with van der Waals surface area (Å²) in [6, 6.07) is 11.7. The number of aromatic amines is 1. The van der Waals surface area contributed by atoms with Gasteiger partial charge in [-0.3, -0.25) is 14.4 Å². The molecule has 0 bridgehead atoms. The van der Waals surface area contributed by atoms with Crippen molar-refractivity contribution in [3.05, 3.63) is 71.9 Å². The molecule has 0 aliphatic carbocycles. The lowest BCUT2D eigenvalue weighted by Crippen LogP contribution is -2.61. The first-order valence-corrected chi connectivity index (χ1v) is 13.1. The van der Waals surface area contributed by atoms with Crippen LogP contribution >= 0.6 is 0 Å². The first-order valence-electron chi connectivity index (χ1n) is 13.1. The maximum Gasteiger partial charge on any atom is 0.326 e. The largest absolute Gasteiger partial charge is 0.480 e. The van der Waals surface area contributed by atoms with Crippen molar-refractivity contribution < 1.29 is 29.4 Å². The lowest BCUT2D eigenvalue weighted by Gasteiger charge is -2.28. The van der Waals surface area contributed by atoms with Gasteiger partial charge in [-0.2, -0.15) is 0 Å². The Balaban J connectivity index is 1.65. The molecule has 3 amide bonds. The van der Waals surface area contributed by atoms with Crippen LogP contribution in [0.3, 0.4) is 0 Å². The quantitative estimate of drug-likeness (QED) is 0.164. The Labute approximate surface area is 232 Å². The fraction of sp³-hybridized carbons (Fsp3) is 0.379. The number of aromatic nitrogens is 1. The number of carboxylic acids is 1. The van der Waals surface area contributed by atoms with Crippen LogP contribution in [-0.2, 0) is 32.0 Å². The maximum atomic E-state index is 13.1. The molecule has 0 fully saturated rings. The summed E-state index contributed by atoms with van der Waals surface area (Å²) in [5.41, 5.74) is 8.59. The highest BCUT2D eigenvalue weighted by Gasteiger charge is 2.33. The fourth-order valence-corrected chi connectivity index (χ4v) is 4.39. The summed E-state index contributed by atoms with van der Waals surface area (Å²) in [5.74, 6) is -3.79. The maximum absolute atomic E-state index is 13.1. The summed E-state index contributed by atoms with van der Waals surface area (Å²) in [6.45, 7) is 4.70. The van der Waals surface area contributed by atoms with Crippen molar-refractivity contribution in [3.8, 4) is 0 Å². The van der Waals surface area contributed by atoms with E-state index in [1.54, 1.807) is 50.4 Å². The van der Waals surface area contributed by atoms with Crippen LogP contribution in [0.15, 0.2) is 60.8 Å². The number of fused-ring (bicyclic) bond motifs is 1. The van der Waals surface area contributed by atoms with E-state index in [9.17, 15) is 29.4 Å². The van der Waals surface area contributed by atoms with E-state index in [2.05, 4.69) is 20.9 Å². The minimum atomic E-state index is -1.39. The second-order valence-electron chi connectivity index (χ2n) is 10.2. The van der Waals surface area contributed by atoms with Gasteiger partial charge in [-0.05, 0) is 36.5 Å². The van der Waals surface area contributed by atoms with E-state index in [0.29, 0.717) is 0 Å². The van der Waals surface area contributed by atoms with E-state index >= 15 is 0 Å². The normalized spacial score (nSPS) is 15.1. The zero-order chi connectivity index (χ0) is 29.4. The molecule has 8 N–H and O–H groups in total. The number of carbonyl (C=O) groups is 4. The Morgan fingerprint density at radius 3 is 2.05 bits per heavy atom. The average Bonchev–Trinajstić information content (AvgIpc) is 3.32. The van der Waals surface area contributed by atoms with Crippen molar-refractivity contribution in [1.29, 1.82) is 0 Å². The number of H-pyrrole nitrogens is 1. The molecule has 3 rings (SSSR count). The van der Waals surface area contributed by atoms with Crippen molar-refractivity contribution in [2.75, 3.05) is 0 Å². The molecule has 1 heterocycles. The van der Waals surface area contributed by atoms with E-state index in [-0.39, 0.29) is 12.8 Å². The molecule has 5 unspecified atom stereocenters. The molecule has 0 aliphatic rings. The summed E-state index contributed by atoms with van der Waals surface area (Å²) in [7, 11) is 0. The molecular formula is C29H37N5O6. The molecule has 11 heteroatoms. The van der Waals surface area contributed by atoms with Gasteiger partial charge in [-0.25, -0.2) is 4.79 Å². The van der Waals surface area contributed by atoms with Gasteiger partial charge in [-0.1, -0.05) is 62.4 Å². The molecule has 3 aromatic rings. The number of nitrogens with one attached hydrogen (secondary N) is 4. The first kappa shape index (κ1) is 30.3. The minimum absolute atomic E-state index is 0.0569. The molecular weight excluding hydrogens is 514 g/mol. The third kappa shape index (κ3) is 7.90. The summed E-state index contributed by atoms with van der Waals surface area (Å²) in [4.78, 5) is 54.0. The highest BCUT2D eigenvalue weighted by atomic mass is 16.4. The molecule has 2 aromatic carbocycles. The molecule has 214 valence electrons. The summed E-state index contributed by atoms with van der Waals surface area (Å²) < 4.78 is 0. The van der Waals surface area contributed by atoms with E-state index in [1.807, 2.05) is 24.3 Å². The van der Waals surface area contributed by atoms with Crippen LogP contribution < -0.4 is 21.7 Å². The van der Waals surface area contributed by atoms with E-state index < -0.39 is 59.9 Å². The van der Waals surface area contributed by atoms with Gasteiger partial charge in [0, 0.05) is 23.5 Å². The molecule has 40 heavy (non-hydrogen) atoms. The van der Waals surface area contributed by atoms with Crippen LogP contribution in [0.25, 0.3) is 10.9 Å². The number of rotatable bonds is 13. The number of aliphatic hydroxyl groups is 1. The molecule has 0 saturated carbocycles. The zero-order valence-corrected chi connectivity index (χ0v) is 22.8. The number of hydrogen-bond acceptors (Lipinski definition) is 6. The van der Waals surface area contributed by atoms with Gasteiger partial charge in [0.1, 0.15) is 18.1 Å². The SMILES string of the molecule is CC(C)C(NC(=O)C(NC(=O)C(N)Cc1c[nH]c2ccccc12)C(C)O)C(=O)NC(Cc1ccccc1)C(=O)O. The number of aliphatic hydroxyl groups excluding tert-OH is 1. The van der Waals surface area contributed by atoms with Crippen molar-refractivity contribution in [3.63, 3.8) is 0 Å². The smallest absolute Gasteiger partial charge is 0.326 e. The second kappa shape index (κ2) is 13.7. The Kier molecular flexibility index (Phi) is 10.4. The summed E-state index contributed by atoms with van der Waals surface area (Å²) >= 11 is 0. The third-order valence-electron chi connectivity index (χ3n) is 6.66. The van der Waals surface area contributed by atoms with Gasteiger partial charge < -0.3 is 36.9 Å². The highest BCUT2D eigenvalue weighted by Crippen LogP contribution is 2.19. The van der Waals surface area contributed by atoms with Crippen molar-refractivity contribution in [2.45, 2.75) is 63.9 Å². The van der Waals surface area contributed by atoms with Crippen molar-refractivity contribution in [1.82, 2.24) is 20.9 Å². The van der Waals surface area contributed by atoms with Crippen LogP contribution in [0.1, 0.15) is 31.9 Å². The average molecular weight is 552 g/mol. The third-order valence-corrected chi connectivity index (χ3v) is 6.66. The number of benzene rings is 2. The first-order chi connectivity index (χ1) is 19.0. The van der Waals surface area contributed by atoms with E-state index in [1.165, 1.54) is 6.92 Å². The number of carbonyl (C=O) groups excluding carboxylic acids is 3. The minimum Gasteiger partial charge on any atom is -0.480 e. The van der Waals surface area contributed by atoms with Gasteiger partial charge in [0.15, 0.2) is 0 Å². The Bertz CT molecular complexity index is 1320. The molecule has 0 radical (unpaired) electrons. The van der Waals surface area contributed by atoms with Gasteiger partial charge in [0.2, 0.25) is 17.7 Å². The molecule has 0 spiro atoms. The Morgan fingerprint density at radius 2 is 1.43 bits per heavy atom. The standard InChI is InChI=1S/C29H37N5O6/c1-16(2)24(27(37)32-23(29(39)40)13-18-9-5-4-6-10-18)33-28(38)25(17(3)35)34-26(36)21(30)14-19-15-31-22-12-8-7-11-20(19)22/h4-12,15-17,21,23-25,31,35H,13-14,30H2,1-3H3,(H,32,37)(H,33,38)(H,34,36)(H,39,40). The Morgan fingerprint density at radius 1 is 0.825 bits per heavy atom. The van der Waals surface area contributed by atoms with Crippen LogP contribution in [0.4, 0.5) is 0 Å². The molecule has 5 atom stereocenters. The predicted molar refractivity (Wildman–Crippen MR) is 150 cm³/mol. The van der Waals surface area contributed by atoms with Crippen molar-refractivity contribution >= 4 is 34.6 Å². The number of para-hydroxylation sites is 1. The van der Waals surface area contributed by atoms with Gasteiger partial charge >= 0.3 is 5.97 Å². The highest BCUT2D eigenvalue weighted by molar-refractivity contribution is 5.95. The van der Waals surface area contributed by atoms with Gasteiger partial charge in [0.05, 0.1) is 12.1 Å². The number of carboxylic acid groups (broad SMARTS) is 1. The van der Waals surface area contributed by atoms with E-state index in [0.717, 1.165) is 22.0 Å². The second-order valence-corrected chi connectivity index (χ2v) is 10.2. The monoisotopic (exact) mass is 551 g/mol. The summed E-state index contributed by atoms with van der Waals surface area (Å²) in [6.07, 6.45) is 0.718. The Hall–Kier alpha value is -4.22. The zero-order valence-electron chi connectivity index (χ0n) is 22.8. The fourth-order valence-electron chi connectivity index (χ4n) is 4.39. The molecule has 0 aliphatic heterocycles. The number of nitrogens with two attached hydrogens (primary N) is 1. The number of aliphatic carboxylic acids is 1. The number of amides is 3. The van der Waals surface area contributed by atoms with Crippen molar-refractivity contribution in [2.24, 2.45) is 11.7 Å². The lowest BCUT2D eigenvalue weighted by atomic mass is 10.00. The van der Waals surface area contributed by atoms with Crippen LogP contribution in [0.2, 0.25) is 0 Å². The van der Waals surface area contributed by atoms with E-state index in [4.69, 9.17) is 5.73 Å².